The molecule has 1 fully saturated rings. The number of ether oxygens (including phenoxy) is 3. The number of nitrogens with one attached hydrogen (secondary N) is 1. The first kappa shape index (κ1) is 29.8. The molecule has 1 aliphatic heterocycles. The van der Waals surface area contributed by atoms with Crippen LogP contribution < -0.4 is 19.5 Å². The molecule has 0 bridgehead atoms. The molecule has 3 aromatic rings. The molecule has 0 atom stereocenters. The second-order valence-corrected chi connectivity index (χ2v) is 11.0. The third-order valence-electron chi connectivity index (χ3n) is 5.56. The number of hydrogen-bond acceptors (Lipinski definition) is 7. The summed E-state index contributed by atoms with van der Waals surface area (Å²) in [4.78, 5) is 39.1. The first-order valence-electron chi connectivity index (χ1n) is 11.9. The zero-order valence-electron chi connectivity index (χ0n) is 21.3. The molecule has 8 nitrogen and oxygen atoms in total. The van der Waals surface area contributed by atoms with Gasteiger partial charge in [0.05, 0.1) is 23.1 Å². The minimum Gasteiger partial charge on any atom is -0.494 e. The summed E-state index contributed by atoms with van der Waals surface area (Å²) in [7, 11) is 1.49. The molecule has 1 aliphatic rings. The highest BCUT2D eigenvalue weighted by atomic mass is 79.9. The highest BCUT2D eigenvalue weighted by Crippen LogP contribution is 2.40. The normalized spacial score (nSPS) is 14.0. The van der Waals surface area contributed by atoms with Crippen LogP contribution in [0.2, 0.25) is 10.0 Å². The van der Waals surface area contributed by atoms with Crippen LogP contribution >= 0.6 is 50.9 Å². The molecule has 0 saturated carbocycles. The van der Waals surface area contributed by atoms with Crippen LogP contribution in [0, 0.1) is 0 Å². The van der Waals surface area contributed by atoms with Crippen molar-refractivity contribution in [2.24, 2.45) is 0 Å². The summed E-state index contributed by atoms with van der Waals surface area (Å²) in [6.45, 7) is 2.16. The molecule has 0 radical (unpaired) electrons. The number of hydrogen-bond donors (Lipinski definition) is 1. The van der Waals surface area contributed by atoms with Crippen LogP contribution in [0.25, 0.3) is 6.08 Å². The van der Waals surface area contributed by atoms with Crippen molar-refractivity contribution in [2.75, 3.05) is 25.6 Å². The van der Waals surface area contributed by atoms with Gasteiger partial charge in [-0.25, -0.2) is 0 Å². The lowest BCUT2D eigenvalue weighted by atomic mass is 10.1. The average Bonchev–Trinajstić information content (AvgIpc) is 3.17. The van der Waals surface area contributed by atoms with Gasteiger partial charge in [-0.3, -0.25) is 19.3 Å². The van der Waals surface area contributed by atoms with E-state index in [1.54, 1.807) is 60.7 Å². The monoisotopic (exact) mass is 664 g/mol. The molecule has 0 spiro atoms. The highest BCUT2D eigenvalue weighted by Gasteiger charge is 2.36. The number of carbonyl (C=O) groups is 3. The summed E-state index contributed by atoms with van der Waals surface area (Å²) in [5.41, 5.74) is 1.85. The lowest BCUT2D eigenvalue weighted by Crippen LogP contribution is -2.36. The third kappa shape index (κ3) is 7.31. The number of halogens is 3. The van der Waals surface area contributed by atoms with Gasteiger partial charge in [-0.15, -0.1) is 0 Å². The van der Waals surface area contributed by atoms with Gasteiger partial charge in [0.25, 0.3) is 11.1 Å². The summed E-state index contributed by atoms with van der Waals surface area (Å²) >= 11 is 16.5. The van der Waals surface area contributed by atoms with Crippen molar-refractivity contribution in [3.63, 3.8) is 0 Å². The molecule has 1 heterocycles. The second kappa shape index (κ2) is 13.5. The summed E-state index contributed by atoms with van der Waals surface area (Å²) in [5.74, 6) is 0.443. The van der Waals surface area contributed by atoms with Gasteiger partial charge in [0.15, 0.2) is 11.5 Å². The van der Waals surface area contributed by atoms with E-state index in [0.717, 1.165) is 22.2 Å². The van der Waals surface area contributed by atoms with Crippen molar-refractivity contribution in [1.29, 1.82) is 0 Å². The highest BCUT2D eigenvalue weighted by molar-refractivity contribution is 9.10. The van der Waals surface area contributed by atoms with Crippen molar-refractivity contribution in [3.05, 3.63) is 85.1 Å². The maximum atomic E-state index is 13.0. The molecule has 12 heteroatoms. The molecule has 0 unspecified atom stereocenters. The lowest BCUT2D eigenvalue weighted by Gasteiger charge is -2.14. The summed E-state index contributed by atoms with van der Waals surface area (Å²) < 4.78 is 17.4. The summed E-state index contributed by atoms with van der Waals surface area (Å²) in [5, 5.41) is 3.14. The van der Waals surface area contributed by atoms with E-state index in [-0.39, 0.29) is 11.5 Å². The molecule has 0 aromatic heterocycles. The standard InChI is InChI=1S/C28H23BrCl2N2O6S/c1-3-38-20-8-6-19(7-9-20)32-25(34)14-33-27(35)24(40-28(33)36)12-16-10-21(29)26(23(11-16)37-2)39-15-17-4-5-18(30)13-22(17)31/h4-13H,3,14-15H2,1-2H3,(H,32,34)/b24-12+. The second-order valence-electron chi connectivity index (χ2n) is 8.33. The number of rotatable bonds is 10. The number of amides is 3. The number of benzene rings is 3. The van der Waals surface area contributed by atoms with Crippen LogP contribution in [0.15, 0.2) is 64.0 Å². The van der Waals surface area contributed by atoms with E-state index in [1.165, 1.54) is 7.11 Å². The van der Waals surface area contributed by atoms with E-state index < -0.39 is 23.6 Å². The van der Waals surface area contributed by atoms with Crippen LogP contribution in [-0.2, 0) is 16.2 Å². The third-order valence-corrected chi connectivity index (χ3v) is 7.64. The zero-order chi connectivity index (χ0) is 28.8. The van der Waals surface area contributed by atoms with Crippen LogP contribution in [0.1, 0.15) is 18.1 Å². The first-order valence-corrected chi connectivity index (χ1v) is 14.3. The molecule has 1 saturated heterocycles. The number of thioether (sulfide) groups is 1. The fourth-order valence-electron chi connectivity index (χ4n) is 3.68. The van der Waals surface area contributed by atoms with E-state index in [0.29, 0.717) is 49.6 Å². The molecule has 3 aromatic carbocycles. The Bertz CT molecular complexity index is 1480. The van der Waals surface area contributed by atoms with E-state index >= 15 is 0 Å². The Morgan fingerprint density at radius 1 is 1.07 bits per heavy atom. The van der Waals surface area contributed by atoms with Crippen molar-refractivity contribution in [1.82, 2.24) is 4.90 Å². The summed E-state index contributed by atoms with van der Waals surface area (Å²) in [6, 6.07) is 15.3. The Kier molecular flexibility index (Phi) is 10.0. The maximum Gasteiger partial charge on any atom is 0.294 e. The fourth-order valence-corrected chi connectivity index (χ4v) is 5.56. The van der Waals surface area contributed by atoms with E-state index in [9.17, 15) is 14.4 Å². The van der Waals surface area contributed by atoms with E-state index in [4.69, 9.17) is 37.4 Å². The Hall–Kier alpha value is -3.18. The molecule has 208 valence electrons. The lowest BCUT2D eigenvalue weighted by molar-refractivity contribution is -0.127. The number of anilines is 1. The van der Waals surface area contributed by atoms with Gasteiger partial charge in [0.1, 0.15) is 18.9 Å². The Labute approximate surface area is 253 Å². The van der Waals surface area contributed by atoms with Crippen LogP contribution in [0.5, 0.6) is 17.2 Å². The topological polar surface area (TPSA) is 94.2 Å². The molecular formula is C28H23BrCl2N2O6S. The van der Waals surface area contributed by atoms with Crippen LogP contribution in [-0.4, -0.2) is 42.2 Å². The SMILES string of the molecule is CCOc1ccc(NC(=O)CN2C(=O)S/C(=C/c3cc(Br)c(OCc4ccc(Cl)cc4Cl)c(OC)c3)C2=O)cc1. The summed E-state index contributed by atoms with van der Waals surface area (Å²) in [6.07, 6.45) is 1.56. The number of nitrogens with zero attached hydrogens (tertiary/aromatic N) is 1. The van der Waals surface area contributed by atoms with Gasteiger partial charge >= 0.3 is 0 Å². The molecular weight excluding hydrogens is 643 g/mol. The Morgan fingerprint density at radius 2 is 1.82 bits per heavy atom. The predicted octanol–water partition coefficient (Wildman–Crippen LogP) is 7.42. The van der Waals surface area contributed by atoms with Crippen LogP contribution in [0.3, 0.4) is 0 Å². The number of imide groups is 1. The zero-order valence-corrected chi connectivity index (χ0v) is 25.2. The Balaban J connectivity index is 1.44. The molecule has 4 rings (SSSR count). The molecule has 0 aliphatic carbocycles. The quantitative estimate of drug-likeness (QED) is 0.225. The van der Waals surface area contributed by atoms with E-state index in [1.807, 2.05) is 6.92 Å². The van der Waals surface area contributed by atoms with Crippen molar-refractivity contribution in [2.45, 2.75) is 13.5 Å². The predicted molar refractivity (Wildman–Crippen MR) is 160 cm³/mol. The molecule has 40 heavy (non-hydrogen) atoms. The van der Waals surface area contributed by atoms with Crippen molar-refractivity contribution >= 4 is 79.7 Å². The fraction of sp³-hybridized carbons (Fsp3) is 0.179. The van der Waals surface area contributed by atoms with Gasteiger partial charge in [-0.05, 0) is 94.8 Å². The molecule has 3 amide bonds. The van der Waals surface area contributed by atoms with Crippen LogP contribution in [0.4, 0.5) is 10.5 Å². The van der Waals surface area contributed by atoms with Gasteiger partial charge < -0.3 is 19.5 Å². The van der Waals surface area contributed by atoms with Gasteiger partial charge in [-0.1, -0.05) is 29.3 Å². The van der Waals surface area contributed by atoms with E-state index in [2.05, 4.69) is 21.2 Å². The smallest absolute Gasteiger partial charge is 0.294 e. The largest absolute Gasteiger partial charge is 0.494 e. The van der Waals surface area contributed by atoms with Crippen molar-refractivity contribution < 1.29 is 28.6 Å². The van der Waals surface area contributed by atoms with Gasteiger partial charge in [0, 0.05) is 21.3 Å². The van der Waals surface area contributed by atoms with Gasteiger partial charge in [-0.2, -0.15) is 0 Å². The minimum absolute atomic E-state index is 0.169. The number of carbonyl (C=O) groups excluding carboxylic acids is 3. The maximum absolute atomic E-state index is 13.0. The van der Waals surface area contributed by atoms with Crippen molar-refractivity contribution in [3.8, 4) is 17.2 Å². The first-order chi connectivity index (χ1) is 19.2. The average molecular weight is 666 g/mol. The number of methoxy groups -OCH3 is 1. The molecule has 1 N–H and O–H groups in total. The minimum atomic E-state index is -0.565. The Morgan fingerprint density at radius 3 is 2.50 bits per heavy atom. The van der Waals surface area contributed by atoms with Gasteiger partial charge in [0.2, 0.25) is 5.91 Å².